The monoisotopic (exact) mass is 449 g/mol. The topological polar surface area (TPSA) is 116 Å². The molecule has 5 N–H and O–H groups in total. The Morgan fingerprint density at radius 2 is 2.03 bits per heavy atom. The number of aryl methyl sites for hydroxylation is 1. The molecule has 0 spiro atoms. The van der Waals surface area contributed by atoms with E-state index in [1.807, 2.05) is 6.92 Å². The summed E-state index contributed by atoms with van der Waals surface area (Å²) in [5.41, 5.74) is 6.80. The standard InChI is InChI=1S/C23H36N4O3S/c1-5-6-7-8-11-23(30,12-9-16(2)29)22-27(17(3)20(31-22)10-13-28)15-19-14-25-18(4)26-21(19)24/h9,14,28,30H,5-8,10-13,15H2,1-4H3,(H2-,24,25,26,29)/p+1/b16-9-. The van der Waals surface area contributed by atoms with E-state index in [-0.39, 0.29) is 12.4 Å². The molecular formula is C23H37N4O3S+. The molecule has 0 aromatic carbocycles. The van der Waals surface area contributed by atoms with Gasteiger partial charge in [-0.2, -0.15) is 4.57 Å². The Kier molecular flexibility index (Phi) is 9.40. The van der Waals surface area contributed by atoms with Crippen molar-refractivity contribution in [2.45, 2.75) is 84.8 Å². The van der Waals surface area contributed by atoms with Crippen LogP contribution in [0.15, 0.2) is 18.0 Å². The van der Waals surface area contributed by atoms with Crippen molar-refractivity contribution in [1.82, 2.24) is 9.97 Å². The Balaban J connectivity index is 2.51. The molecule has 0 saturated heterocycles. The van der Waals surface area contributed by atoms with Crippen molar-refractivity contribution in [3.05, 3.63) is 45.0 Å². The van der Waals surface area contributed by atoms with Gasteiger partial charge in [0, 0.05) is 32.6 Å². The third-order valence-electron chi connectivity index (χ3n) is 5.54. The van der Waals surface area contributed by atoms with Gasteiger partial charge in [-0.15, -0.1) is 0 Å². The number of unbranched alkanes of at least 4 members (excludes halogenated alkanes) is 3. The number of rotatable bonds is 12. The predicted octanol–water partition coefficient (Wildman–Crippen LogP) is 3.62. The zero-order chi connectivity index (χ0) is 23.0. The molecule has 2 rings (SSSR count). The van der Waals surface area contributed by atoms with E-state index in [2.05, 4.69) is 21.5 Å². The van der Waals surface area contributed by atoms with Crippen LogP contribution in [0.3, 0.4) is 0 Å². The van der Waals surface area contributed by atoms with Crippen LogP contribution in [0.25, 0.3) is 0 Å². The molecule has 0 aliphatic heterocycles. The lowest BCUT2D eigenvalue weighted by Gasteiger charge is -2.23. The molecule has 0 aliphatic rings. The summed E-state index contributed by atoms with van der Waals surface area (Å²) in [4.78, 5) is 9.59. The molecule has 2 aromatic rings. The minimum atomic E-state index is -1.12. The van der Waals surface area contributed by atoms with Crippen molar-refractivity contribution in [3.63, 3.8) is 0 Å². The van der Waals surface area contributed by atoms with Gasteiger partial charge >= 0.3 is 0 Å². The van der Waals surface area contributed by atoms with E-state index in [1.165, 1.54) is 11.3 Å². The molecule has 7 nitrogen and oxygen atoms in total. The summed E-state index contributed by atoms with van der Waals surface area (Å²) < 4.78 is 2.07. The molecular weight excluding hydrogens is 412 g/mol. The van der Waals surface area contributed by atoms with Crippen LogP contribution in [0.2, 0.25) is 0 Å². The second-order valence-electron chi connectivity index (χ2n) is 8.20. The predicted molar refractivity (Wildman–Crippen MR) is 124 cm³/mol. The molecule has 172 valence electrons. The quantitative estimate of drug-likeness (QED) is 0.223. The molecule has 0 saturated carbocycles. The third kappa shape index (κ3) is 6.72. The van der Waals surface area contributed by atoms with Gasteiger partial charge in [0.1, 0.15) is 11.6 Å². The first-order valence-corrected chi connectivity index (χ1v) is 11.8. The lowest BCUT2D eigenvalue weighted by Crippen LogP contribution is -2.46. The first-order chi connectivity index (χ1) is 14.7. The van der Waals surface area contributed by atoms with Gasteiger partial charge in [0.25, 0.3) is 5.01 Å². The fraction of sp³-hybridized carbons (Fsp3) is 0.609. The Morgan fingerprint density at radius 1 is 1.29 bits per heavy atom. The van der Waals surface area contributed by atoms with Crippen molar-refractivity contribution in [3.8, 4) is 0 Å². The van der Waals surface area contributed by atoms with Crippen LogP contribution in [0, 0.1) is 13.8 Å². The normalized spacial score (nSPS) is 14.1. The van der Waals surface area contributed by atoms with Gasteiger partial charge in [-0.25, -0.2) is 9.97 Å². The molecule has 0 bridgehead atoms. The molecule has 31 heavy (non-hydrogen) atoms. The van der Waals surface area contributed by atoms with Gasteiger partial charge in [-0.05, 0) is 32.8 Å². The van der Waals surface area contributed by atoms with E-state index < -0.39 is 5.60 Å². The van der Waals surface area contributed by atoms with Crippen LogP contribution in [-0.4, -0.2) is 31.9 Å². The van der Waals surface area contributed by atoms with E-state index in [4.69, 9.17) is 5.73 Å². The van der Waals surface area contributed by atoms with E-state index in [0.717, 1.165) is 46.8 Å². The Labute approximate surface area is 189 Å². The number of nitrogens with zero attached hydrogens (tertiary/aromatic N) is 3. The van der Waals surface area contributed by atoms with Crippen molar-refractivity contribution < 1.29 is 19.9 Å². The van der Waals surface area contributed by atoms with Crippen molar-refractivity contribution >= 4 is 17.2 Å². The van der Waals surface area contributed by atoms with Gasteiger partial charge in [0.15, 0.2) is 17.8 Å². The number of nitrogens with two attached hydrogens (primary N) is 1. The highest BCUT2D eigenvalue weighted by Gasteiger charge is 2.41. The van der Waals surface area contributed by atoms with E-state index in [9.17, 15) is 15.3 Å². The zero-order valence-corrected chi connectivity index (χ0v) is 20.0. The average Bonchev–Trinajstić information content (AvgIpc) is 3.02. The average molecular weight is 450 g/mol. The van der Waals surface area contributed by atoms with E-state index >= 15 is 0 Å². The Bertz CT molecular complexity index is 893. The van der Waals surface area contributed by atoms with Gasteiger partial charge in [-0.1, -0.05) is 37.5 Å². The maximum absolute atomic E-state index is 11.8. The molecule has 2 heterocycles. The number of aromatic nitrogens is 3. The lowest BCUT2D eigenvalue weighted by molar-refractivity contribution is -0.703. The highest BCUT2D eigenvalue weighted by molar-refractivity contribution is 7.11. The van der Waals surface area contributed by atoms with E-state index in [0.29, 0.717) is 37.4 Å². The number of aliphatic hydroxyl groups excluding tert-OH is 2. The van der Waals surface area contributed by atoms with Gasteiger partial charge in [0.2, 0.25) is 0 Å². The maximum Gasteiger partial charge on any atom is 0.270 e. The van der Waals surface area contributed by atoms with Crippen LogP contribution in [0.4, 0.5) is 5.82 Å². The number of allylic oxidation sites excluding steroid dienone is 1. The molecule has 0 fully saturated rings. The number of aliphatic hydroxyl groups is 3. The Hall–Kier alpha value is -2.03. The molecule has 2 aromatic heterocycles. The first kappa shape index (κ1) is 25.2. The summed E-state index contributed by atoms with van der Waals surface area (Å²) in [6.07, 6.45) is 9.04. The third-order valence-corrected chi connectivity index (χ3v) is 7.08. The summed E-state index contributed by atoms with van der Waals surface area (Å²) in [6.45, 7) is 8.06. The summed E-state index contributed by atoms with van der Waals surface area (Å²) >= 11 is 1.52. The number of thiazole rings is 1. The fourth-order valence-corrected chi connectivity index (χ4v) is 5.05. The lowest BCUT2D eigenvalue weighted by atomic mass is 9.92. The number of nitrogen functional groups attached to an aromatic ring is 1. The summed E-state index contributed by atoms with van der Waals surface area (Å²) in [7, 11) is 0. The second kappa shape index (κ2) is 11.5. The molecule has 1 unspecified atom stereocenters. The minimum absolute atomic E-state index is 0.0428. The largest absolute Gasteiger partial charge is 0.513 e. The first-order valence-electron chi connectivity index (χ1n) is 11.0. The summed E-state index contributed by atoms with van der Waals surface area (Å²) in [5, 5.41) is 31.9. The van der Waals surface area contributed by atoms with Crippen LogP contribution >= 0.6 is 11.3 Å². The van der Waals surface area contributed by atoms with Gasteiger partial charge in [-0.3, -0.25) is 0 Å². The molecule has 0 aliphatic carbocycles. The van der Waals surface area contributed by atoms with Gasteiger partial charge < -0.3 is 21.1 Å². The SMILES string of the molecule is CCCCCCC(O)(C/C=C(/C)O)c1sc(CCO)c(C)[n+]1Cc1cnc(C)nc1N. The number of anilines is 1. The van der Waals surface area contributed by atoms with Crippen molar-refractivity contribution in [2.24, 2.45) is 0 Å². The number of hydrogen-bond acceptors (Lipinski definition) is 7. The summed E-state index contributed by atoms with van der Waals surface area (Å²) in [5.74, 6) is 1.24. The smallest absolute Gasteiger partial charge is 0.270 e. The minimum Gasteiger partial charge on any atom is -0.513 e. The van der Waals surface area contributed by atoms with Gasteiger partial charge in [0.05, 0.1) is 16.2 Å². The maximum atomic E-state index is 11.8. The van der Waals surface area contributed by atoms with Crippen LogP contribution in [0.5, 0.6) is 0 Å². The van der Waals surface area contributed by atoms with Crippen molar-refractivity contribution in [2.75, 3.05) is 12.3 Å². The zero-order valence-electron chi connectivity index (χ0n) is 19.2. The molecule has 0 amide bonds. The van der Waals surface area contributed by atoms with Crippen LogP contribution in [0.1, 0.15) is 79.3 Å². The molecule has 1 atom stereocenters. The molecule has 8 heteroatoms. The summed E-state index contributed by atoms with van der Waals surface area (Å²) in [6, 6.07) is 0. The fourth-order valence-electron chi connectivity index (χ4n) is 3.68. The highest BCUT2D eigenvalue weighted by Crippen LogP contribution is 2.35. The van der Waals surface area contributed by atoms with Crippen molar-refractivity contribution in [1.29, 1.82) is 0 Å². The van der Waals surface area contributed by atoms with Crippen LogP contribution < -0.4 is 10.3 Å². The second-order valence-corrected chi connectivity index (χ2v) is 9.28. The molecule has 0 radical (unpaired) electrons. The highest BCUT2D eigenvalue weighted by atomic mass is 32.1. The van der Waals surface area contributed by atoms with Crippen LogP contribution in [-0.2, 0) is 18.6 Å². The number of hydrogen-bond donors (Lipinski definition) is 4. The van der Waals surface area contributed by atoms with E-state index in [1.54, 1.807) is 26.1 Å². The Morgan fingerprint density at radius 3 is 2.65 bits per heavy atom.